The van der Waals surface area contributed by atoms with E-state index in [-0.39, 0.29) is 5.54 Å². The Morgan fingerprint density at radius 3 is 2.17 bits per heavy atom. The van der Waals surface area contributed by atoms with Gasteiger partial charge in [0.15, 0.2) is 0 Å². The van der Waals surface area contributed by atoms with Crippen molar-refractivity contribution >= 4 is 0 Å². The van der Waals surface area contributed by atoms with Crippen molar-refractivity contribution < 1.29 is 18.9 Å². The Balaban J connectivity index is 1.94. The summed E-state index contributed by atoms with van der Waals surface area (Å²) in [5.41, 5.74) is 0.175. The van der Waals surface area contributed by atoms with E-state index in [4.69, 9.17) is 18.9 Å². The van der Waals surface area contributed by atoms with Crippen LogP contribution >= 0.6 is 0 Å². The number of nitrogens with zero attached hydrogens (tertiary/aromatic N) is 2. The summed E-state index contributed by atoms with van der Waals surface area (Å²) < 4.78 is 21.9. The molecule has 2 rings (SSSR count). The van der Waals surface area contributed by atoms with Gasteiger partial charge in [-0.05, 0) is 12.8 Å². The summed E-state index contributed by atoms with van der Waals surface area (Å²) >= 11 is 0. The van der Waals surface area contributed by atoms with Crippen LogP contribution < -0.4 is 0 Å². The van der Waals surface area contributed by atoms with Gasteiger partial charge in [-0.2, -0.15) is 0 Å². The van der Waals surface area contributed by atoms with Crippen LogP contribution in [0.15, 0.2) is 0 Å². The maximum absolute atomic E-state index is 5.79. The molecule has 0 spiro atoms. The fourth-order valence-electron chi connectivity index (χ4n) is 3.57. The molecule has 6 nitrogen and oxygen atoms in total. The highest BCUT2D eigenvalue weighted by Crippen LogP contribution is 2.27. The molecule has 2 saturated heterocycles. The highest BCUT2D eigenvalue weighted by Gasteiger charge is 2.37. The van der Waals surface area contributed by atoms with E-state index in [2.05, 4.69) is 16.7 Å². The van der Waals surface area contributed by atoms with Gasteiger partial charge in [0.2, 0.25) is 0 Å². The molecule has 1 unspecified atom stereocenters. The Kier molecular flexibility index (Phi) is 8.79. The Hall–Kier alpha value is -0.240. The minimum atomic E-state index is 0.175. The van der Waals surface area contributed by atoms with E-state index in [1.54, 1.807) is 7.11 Å². The fraction of sp³-hybridized carbons (Fsp3) is 1.00. The zero-order valence-electron chi connectivity index (χ0n) is 14.9. The molecule has 0 bridgehead atoms. The minimum absolute atomic E-state index is 0.175. The summed E-state index contributed by atoms with van der Waals surface area (Å²) in [4.78, 5) is 5.18. The molecule has 136 valence electrons. The Labute approximate surface area is 141 Å². The van der Waals surface area contributed by atoms with Crippen molar-refractivity contribution in [1.82, 2.24) is 9.80 Å². The molecule has 0 amide bonds. The van der Waals surface area contributed by atoms with Gasteiger partial charge in [-0.3, -0.25) is 9.80 Å². The lowest BCUT2D eigenvalue weighted by Crippen LogP contribution is -2.60. The van der Waals surface area contributed by atoms with Gasteiger partial charge < -0.3 is 18.9 Å². The summed E-state index contributed by atoms with van der Waals surface area (Å²) in [6.07, 6.45) is 2.20. The summed E-state index contributed by atoms with van der Waals surface area (Å²) in [5.74, 6) is 0. The molecule has 0 aromatic carbocycles. The first kappa shape index (κ1) is 19.1. The predicted molar refractivity (Wildman–Crippen MR) is 90.0 cm³/mol. The molecule has 6 heteroatoms. The lowest BCUT2D eigenvalue weighted by Gasteiger charge is -2.48. The van der Waals surface area contributed by atoms with Gasteiger partial charge in [-0.1, -0.05) is 6.92 Å². The second-order valence-corrected chi connectivity index (χ2v) is 6.42. The van der Waals surface area contributed by atoms with E-state index in [0.29, 0.717) is 13.2 Å². The maximum atomic E-state index is 5.79. The molecular weight excluding hydrogens is 296 g/mol. The van der Waals surface area contributed by atoms with E-state index >= 15 is 0 Å². The van der Waals surface area contributed by atoms with Gasteiger partial charge in [0.25, 0.3) is 0 Å². The van der Waals surface area contributed by atoms with Crippen LogP contribution in [0.1, 0.15) is 19.8 Å². The summed E-state index contributed by atoms with van der Waals surface area (Å²) in [7, 11) is 1.71. The molecule has 23 heavy (non-hydrogen) atoms. The number of rotatable bonds is 10. The van der Waals surface area contributed by atoms with Gasteiger partial charge in [0.1, 0.15) is 0 Å². The third kappa shape index (κ3) is 5.96. The van der Waals surface area contributed by atoms with Crippen LogP contribution in [0.2, 0.25) is 0 Å². The predicted octanol–water partition coefficient (Wildman–Crippen LogP) is 0.853. The van der Waals surface area contributed by atoms with E-state index in [1.807, 2.05) is 0 Å². The van der Waals surface area contributed by atoms with Crippen molar-refractivity contribution in [2.75, 3.05) is 86.1 Å². The van der Waals surface area contributed by atoms with Crippen LogP contribution in [0.3, 0.4) is 0 Å². The molecule has 2 aliphatic rings. The first-order valence-corrected chi connectivity index (χ1v) is 9.00. The van der Waals surface area contributed by atoms with Gasteiger partial charge in [0.05, 0.1) is 39.6 Å². The second kappa shape index (κ2) is 10.6. The molecule has 1 atom stereocenters. The van der Waals surface area contributed by atoms with Crippen molar-refractivity contribution in [3.63, 3.8) is 0 Å². The molecule has 0 radical (unpaired) electrons. The third-order valence-corrected chi connectivity index (χ3v) is 5.11. The number of morpholine rings is 2. The smallest absolute Gasteiger partial charge is 0.0700 e. The zero-order chi connectivity index (χ0) is 16.4. The molecule has 0 aromatic rings. The summed E-state index contributed by atoms with van der Waals surface area (Å²) in [5, 5.41) is 0. The van der Waals surface area contributed by atoms with Crippen LogP contribution in [0.5, 0.6) is 0 Å². The van der Waals surface area contributed by atoms with Crippen LogP contribution in [0.25, 0.3) is 0 Å². The lowest BCUT2D eigenvalue weighted by atomic mass is 9.88. The Morgan fingerprint density at radius 2 is 1.57 bits per heavy atom. The van der Waals surface area contributed by atoms with Crippen molar-refractivity contribution in [3.05, 3.63) is 0 Å². The van der Waals surface area contributed by atoms with Crippen LogP contribution in [0.4, 0.5) is 0 Å². The van der Waals surface area contributed by atoms with Crippen LogP contribution in [0, 0.1) is 0 Å². The molecule has 0 aliphatic carbocycles. The van der Waals surface area contributed by atoms with Gasteiger partial charge in [0, 0.05) is 52.0 Å². The SMILES string of the molecule is CCC(CCOCCOC)(CN1CCOCC1)N1CCOCC1. The standard InChI is InChI=1S/C17H34N2O4/c1-3-17(4-9-21-15-14-20-2,19-7-12-23-13-8-19)16-18-5-10-22-11-6-18/h3-16H2,1-2H3. The molecular formula is C17H34N2O4. The Morgan fingerprint density at radius 1 is 0.913 bits per heavy atom. The van der Waals surface area contributed by atoms with Crippen molar-refractivity contribution in [3.8, 4) is 0 Å². The quantitative estimate of drug-likeness (QED) is 0.554. The molecule has 2 heterocycles. The van der Waals surface area contributed by atoms with E-state index in [1.165, 1.54) is 0 Å². The van der Waals surface area contributed by atoms with Crippen molar-refractivity contribution in [2.45, 2.75) is 25.3 Å². The molecule has 2 fully saturated rings. The monoisotopic (exact) mass is 330 g/mol. The topological polar surface area (TPSA) is 43.4 Å². The van der Waals surface area contributed by atoms with E-state index in [0.717, 1.165) is 78.6 Å². The zero-order valence-corrected chi connectivity index (χ0v) is 14.9. The van der Waals surface area contributed by atoms with Crippen molar-refractivity contribution in [2.24, 2.45) is 0 Å². The fourth-order valence-corrected chi connectivity index (χ4v) is 3.57. The molecule has 2 aliphatic heterocycles. The molecule has 0 aromatic heterocycles. The van der Waals surface area contributed by atoms with Gasteiger partial charge in [-0.15, -0.1) is 0 Å². The average molecular weight is 330 g/mol. The number of methoxy groups -OCH3 is 1. The van der Waals surface area contributed by atoms with E-state index in [9.17, 15) is 0 Å². The lowest BCUT2D eigenvalue weighted by molar-refractivity contribution is -0.0637. The first-order valence-electron chi connectivity index (χ1n) is 9.00. The Bertz CT molecular complexity index is 307. The van der Waals surface area contributed by atoms with Gasteiger partial charge in [-0.25, -0.2) is 0 Å². The number of hydrogen-bond acceptors (Lipinski definition) is 6. The van der Waals surface area contributed by atoms with Crippen LogP contribution in [-0.2, 0) is 18.9 Å². The first-order chi connectivity index (χ1) is 11.3. The van der Waals surface area contributed by atoms with Crippen molar-refractivity contribution in [1.29, 1.82) is 0 Å². The maximum Gasteiger partial charge on any atom is 0.0700 e. The second-order valence-electron chi connectivity index (χ2n) is 6.42. The summed E-state index contributed by atoms with van der Waals surface area (Å²) in [6.45, 7) is 13.1. The van der Waals surface area contributed by atoms with Gasteiger partial charge >= 0.3 is 0 Å². The largest absolute Gasteiger partial charge is 0.382 e. The van der Waals surface area contributed by atoms with E-state index < -0.39 is 0 Å². The molecule has 0 saturated carbocycles. The normalized spacial score (nSPS) is 23.7. The minimum Gasteiger partial charge on any atom is -0.382 e. The summed E-state index contributed by atoms with van der Waals surface area (Å²) in [6, 6.07) is 0. The highest BCUT2D eigenvalue weighted by atomic mass is 16.5. The number of ether oxygens (including phenoxy) is 4. The average Bonchev–Trinajstić information content (AvgIpc) is 2.62. The number of hydrogen-bond donors (Lipinski definition) is 0. The molecule has 0 N–H and O–H groups in total. The van der Waals surface area contributed by atoms with Crippen LogP contribution in [-0.4, -0.2) is 101 Å². The third-order valence-electron chi connectivity index (χ3n) is 5.11. The highest BCUT2D eigenvalue weighted by molar-refractivity contribution is 4.94.